The lowest BCUT2D eigenvalue weighted by molar-refractivity contribution is 0.0954. The first-order valence-electron chi connectivity index (χ1n) is 5.63. The number of hydrogen-bond acceptors (Lipinski definition) is 4. The summed E-state index contributed by atoms with van der Waals surface area (Å²) in [6.07, 6.45) is 4.04. The molecule has 6 heteroatoms. The van der Waals surface area contributed by atoms with Gasteiger partial charge in [0.1, 0.15) is 5.82 Å². The summed E-state index contributed by atoms with van der Waals surface area (Å²) in [6, 6.07) is 5.18. The molecule has 0 spiro atoms. The van der Waals surface area contributed by atoms with Crippen LogP contribution in [0.1, 0.15) is 16.1 Å². The van der Waals surface area contributed by atoms with Crippen LogP contribution in [0.25, 0.3) is 0 Å². The highest BCUT2D eigenvalue weighted by Gasteiger charge is 2.05. The van der Waals surface area contributed by atoms with Gasteiger partial charge in [0.15, 0.2) is 0 Å². The Labute approximate surface area is 105 Å². The maximum Gasteiger partial charge on any atom is 0.252 e. The van der Waals surface area contributed by atoms with Crippen LogP contribution < -0.4 is 11.1 Å². The molecule has 0 aromatic carbocycles. The first-order chi connectivity index (χ1) is 8.65. The number of nitrogens with two attached hydrogens (primary N) is 1. The third kappa shape index (κ3) is 3.07. The van der Waals surface area contributed by atoms with Crippen LogP contribution in [-0.2, 0) is 13.5 Å². The molecule has 0 fully saturated rings. The fourth-order valence-electron chi connectivity index (χ4n) is 1.54. The predicted molar refractivity (Wildman–Crippen MR) is 67.9 cm³/mol. The topological polar surface area (TPSA) is 85.8 Å². The molecule has 0 atom stereocenters. The van der Waals surface area contributed by atoms with Gasteiger partial charge in [0.25, 0.3) is 5.91 Å². The van der Waals surface area contributed by atoms with Crippen molar-refractivity contribution in [3.8, 4) is 0 Å². The number of carbonyl (C=O) groups excluding carboxylic acids is 1. The van der Waals surface area contributed by atoms with Gasteiger partial charge in [-0.1, -0.05) is 0 Å². The predicted octanol–water partition coefficient (Wildman–Crippen LogP) is 0.370. The molecule has 0 radical (unpaired) electrons. The van der Waals surface area contributed by atoms with Crippen LogP contribution >= 0.6 is 0 Å². The lowest BCUT2D eigenvalue weighted by Gasteiger charge is -2.03. The Balaban J connectivity index is 1.83. The van der Waals surface area contributed by atoms with Crippen LogP contribution in [0.4, 0.5) is 5.82 Å². The van der Waals surface area contributed by atoms with Crippen molar-refractivity contribution in [2.24, 2.45) is 7.05 Å². The molecule has 0 aliphatic rings. The second-order valence-electron chi connectivity index (χ2n) is 3.96. The molecule has 0 bridgehead atoms. The van der Waals surface area contributed by atoms with E-state index < -0.39 is 0 Å². The van der Waals surface area contributed by atoms with E-state index in [0.717, 1.165) is 5.69 Å². The van der Waals surface area contributed by atoms with Gasteiger partial charge in [-0.25, -0.2) is 4.98 Å². The summed E-state index contributed by atoms with van der Waals surface area (Å²) in [4.78, 5) is 15.6. The zero-order valence-corrected chi connectivity index (χ0v) is 10.1. The molecule has 0 saturated carbocycles. The number of nitrogens with zero attached hydrogens (tertiary/aromatic N) is 3. The van der Waals surface area contributed by atoms with Crippen LogP contribution in [0.5, 0.6) is 0 Å². The molecule has 2 aromatic heterocycles. The van der Waals surface area contributed by atoms with E-state index in [1.807, 2.05) is 19.3 Å². The number of aromatic nitrogens is 3. The van der Waals surface area contributed by atoms with Gasteiger partial charge in [0, 0.05) is 32.4 Å². The third-order valence-corrected chi connectivity index (χ3v) is 2.48. The van der Waals surface area contributed by atoms with Crippen LogP contribution in [-0.4, -0.2) is 27.2 Å². The highest BCUT2D eigenvalue weighted by molar-refractivity contribution is 5.93. The number of amides is 1. The highest BCUT2D eigenvalue weighted by Crippen LogP contribution is 2.01. The van der Waals surface area contributed by atoms with Gasteiger partial charge in [-0.15, -0.1) is 0 Å². The summed E-state index contributed by atoms with van der Waals surface area (Å²) < 4.78 is 1.74. The van der Waals surface area contributed by atoms with E-state index >= 15 is 0 Å². The number of carbonyl (C=O) groups is 1. The molecule has 3 N–H and O–H groups in total. The van der Waals surface area contributed by atoms with Crippen LogP contribution in [0.15, 0.2) is 30.6 Å². The van der Waals surface area contributed by atoms with E-state index in [9.17, 15) is 4.79 Å². The minimum atomic E-state index is -0.154. The van der Waals surface area contributed by atoms with E-state index in [4.69, 9.17) is 5.73 Å². The Bertz CT molecular complexity index is 532. The number of nitrogen functional groups attached to an aromatic ring is 1. The van der Waals surface area contributed by atoms with Gasteiger partial charge >= 0.3 is 0 Å². The molecule has 0 aliphatic heterocycles. The van der Waals surface area contributed by atoms with Gasteiger partial charge in [-0.05, 0) is 18.2 Å². The fraction of sp³-hybridized carbons (Fsp3) is 0.250. The number of hydrogen-bond donors (Lipinski definition) is 2. The molecule has 94 valence electrons. The maximum atomic E-state index is 11.7. The second-order valence-corrected chi connectivity index (χ2v) is 3.96. The van der Waals surface area contributed by atoms with E-state index in [2.05, 4.69) is 15.4 Å². The average molecular weight is 245 g/mol. The van der Waals surface area contributed by atoms with Crippen molar-refractivity contribution in [2.45, 2.75) is 6.42 Å². The fourth-order valence-corrected chi connectivity index (χ4v) is 1.54. The molecule has 0 aliphatic carbocycles. The Morgan fingerprint density at radius 1 is 1.44 bits per heavy atom. The van der Waals surface area contributed by atoms with E-state index in [1.54, 1.807) is 16.8 Å². The Hall–Kier alpha value is -2.37. The molecule has 18 heavy (non-hydrogen) atoms. The minimum absolute atomic E-state index is 0.154. The van der Waals surface area contributed by atoms with Gasteiger partial charge in [0.05, 0.1) is 11.3 Å². The molecule has 0 unspecified atom stereocenters. The van der Waals surface area contributed by atoms with Crippen molar-refractivity contribution in [3.63, 3.8) is 0 Å². The quantitative estimate of drug-likeness (QED) is 0.814. The number of aryl methyl sites for hydroxylation is 1. The smallest absolute Gasteiger partial charge is 0.252 e. The average Bonchev–Trinajstić information content (AvgIpc) is 2.76. The largest absolute Gasteiger partial charge is 0.384 e. The minimum Gasteiger partial charge on any atom is -0.384 e. The van der Waals surface area contributed by atoms with Gasteiger partial charge in [-0.3, -0.25) is 9.48 Å². The summed E-state index contributed by atoms with van der Waals surface area (Å²) in [5.74, 6) is 0.249. The van der Waals surface area contributed by atoms with Crippen molar-refractivity contribution < 1.29 is 4.79 Å². The standard InChI is InChI=1S/C12H15N5O/c1-17-7-5-10(16-17)4-6-14-12(18)9-2-3-11(13)15-8-9/h2-3,5,7-8H,4,6H2,1H3,(H2,13,15)(H,14,18). The first kappa shape index (κ1) is 12.1. The lowest BCUT2D eigenvalue weighted by Crippen LogP contribution is -2.25. The van der Waals surface area contributed by atoms with Gasteiger partial charge in [-0.2, -0.15) is 5.10 Å². The van der Waals surface area contributed by atoms with Gasteiger partial charge in [0.2, 0.25) is 0 Å². The zero-order valence-electron chi connectivity index (χ0n) is 10.1. The monoisotopic (exact) mass is 245 g/mol. The maximum absolute atomic E-state index is 11.7. The Kier molecular flexibility index (Phi) is 3.57. The molecule has 6 nitrogen and oxygen atoms in total. The normalized spacial score (nSPS) is 10.3. The number of nitrogens with one attached hydrogen (secondary N) is 1. The van der Waals surface area contributed by atoms with Crippen molar-refractivity contribution in [1.82, 2.24) is 20.1 Å². The SMILES string of the molecule is Cn1ccc(CCNC(=O)c2ccc(N)nc2)n1. The van der Waals surface area contributed by atoms with Crippen molar-refractivity contribution in [3.05, 3.63) is 41.9 Å². The Morgan fingerprint density at radius 2 is 2.28 bits per heavy atom. The van der Waals surface area contributed by atoms with Crippen LogP contribution in [0.2, 0.25) is 0 Å². The summed E-state index contributed by atoms with van der Waals surface area (Å²) in [7, 11) is 1.86. The number of pyridine rings is 1. The molecule has 1 amide bonds. The first-order valence-corrected chi connectivity index (χ1v) is 5.63. The zero-order chi connectivity index (χ0) is 13.0. The molecule has 0 saturated heterocycles. The molecule has 2 heterocycles. The molecular formula is C12H15N5O. The molecule has 2 rings (SSSR count). The Morgan fingerprint density at radius 3 is 2.89 bits per heavy atom. The van der Waals surface area contributed by atoms with Crippen molar-refractivity contribution >= 4 is 11.7 Å². The van der Waals surface area contributed by atoms with Gasteiger partial charge < -0.3 is 11.1 Å². The summed E-state index contributed by atoms with van der Waals surface area (Å²) in [6.45, 7) is 0.542. The highest BCUT2D eigenvalue weighted by atomic mass is 16.1. The van der Waals surface area contributed by atoms with Crippen molar-refractivity contribution in [2.75, 3.05) is 12.3 Å². The van der Waals surface area contributed by atoms with E-state index in [1.165, 1.54) is 6.20 Å². The summed E-state index contributed by atoms with van der Waals surface area (Å²) in [5, 5.41) is 7.04. The van der Waals surface area contributed by atoms with Crippen molar-refractivity contribution in [1.29, 1.82) is 0 Å². The number of anilines is 1. The second kappa shape index (κ2) is 5.31. The summed E-state index contributed by atoms with van der Waals surface area (Å²) in [5.41, 5.74) is 6.91. The van der Waals surface area contributed by atoms with E-state index in [0.29, 0.717) is 24.3 Å². The van der Waals surface area contributed by atoms with E-state index in [-0.39, 0.29) is 5.91 Å². The lowest BCUT2D eigenvalue weighted by atomic mass is 10.2. The molecular weight excluding hydrogens is 230 g/mol. The number of rotatable bonds is 4. The molecule has 2 aromatic rings. The summed E-state index contributed by atoms with van der Waals surface area (Å²) >= 11 is 0. The van der Waals surface area contributed by atoms with Crippen LogP contribution in [0.3, 0.4) is 0 Å². The van der Waals surface area contributed by atoms with Crippen LogP contribution in [0, 0.1) is 0 Å². The third-order valence-electron chi connectivity index (χ3n) is 2.48.